The summed E-state index contributed by atoms with van der Waals surface area (Å²) < 4.78 is 12.2. The Morgan fingerprint density at radius 3 is 2.57 bits per heavy atom. The minimum atomic E-state index is -1.13. The normalized spacial score (nSPS) is 35.9. The minimum Gasteiger partial charge on any atom is -0.466 e. The van der Waals surface area contributed by atoms with Gasteiger partial charge in [-0.2, -0.15) is 0 Å². The van der Waals surface area contributed by atoms with E-state index in [1.165, 1.54) is 0 Å². The second-order valence-electron chi connectivity index (χ2n) is 11.6. The summed E-state index contributed by atoms with van der Waals surface area (Å²) in [5, 5.41) is 13.8. The number of nitrogens with one attached hydrogen (secondary N) is 1. The summed E-state index contributed by atoms with van der Waals surface area (Å²) in [6, 6.07) is 8.17. The highest BCUT2D eigenvalue weighted by atomic mass is 16.6. The van der Waals surface area contributed by atoms with Gasteiger partial charge in [0.05, 0.1) is 30.8 Å². The highest BCUT2D eigenvalue weighted by Gasteiger charge is 2.80. The SMILES string of the molecule is CCOC(=O)[C@@H]1[C@H]2C(=O)N([C@@H](CO)Cc3ccccc3)C(C(=O)NC3CCCCC3)C23CC(C)[C@@]1(C)O3. The van der Waals surface area contributed by atoms with Crippen LogP contribution in [0, 0.1) is 17.8 Å². The van der Waals surface area contributed by atoms with Gasteiger partial charge in [-0.1, -0.05) is 56.5 Å². The molecule has 8 nitrogen and oxygen atoms in total. The van der Waals surface area contributed by atoms with Crippen LogP contribution in [0.2, 0.25) is 0 Å². The van der Waals surface area contributed by atoms with Gasteiger partial charge in [0.2, 0.25) is 11.8 Å². The fraction of sp³-hybridized carbons (Fsp3) is 0.690. The van der Waals surface area contributed by atoms with Crippen molar-refractivity contribution in [1.82, 2.24) is 10.2 Å². The molecule has 4 fully saturated rings. The lowest BCUT2D eigenvalue weighted by atomic mass is 9.62. The van der Waals surface area contributed by atoms with Crippen LogP contribution in [0.1, 0.15) is 64.9 Å². The largest absolute Gasteiger partial charge is 0.466 e. The fourth-order valence-electron chi connectivity index (χ4n) is 7.62. The van der Waals surface area contributed by atoms with E-state index < -0.39 is 41.1 Å². The van der Waals surface area contributed by atoms with Gasteiger partial charge in [0.15, 0.2) is 0 Å². The lowest BCUT2D eigenvalue weighted by Gasteiger charge is -2.38. The van der Waals surface area contributed by atoms with E-state index in [-0.39, 0.29) is 37.0 Å². The molecule has 4 aliphatic rings. The number of likely N-dealkylation sites (tertiary alicyclic amines) is 1. The summed E-state index contributed by atoms with van der Waals surface area (Å²) in [7, 11) is 0. The zero-order valence-corrected chi connectivity index (χ0v) is 22.2. The van der Waals surface area contributed by atoms with Crippen molar-refractivity contribution in [2.24, 2.45) is 17.8 Å². The van der Waals surface area contributed by atoms with Crippen molar-refractivity contribution in [2.45, 2.75) is 95.0 Å². The van der Waals surface area contributed by atoms with Crippen LogP contribution in [-0.4, -0.2) is 70.3 Å². The first-order chi connectivity index (χ1) is 17.8. The number of aliphatic hydroxyl groups is 1. The van der Waals surface area contributed by atoms with Crippen molar-refractivity contribution in [3.63, 3.8) is 0 Å². The molecular weight excluding hydrogens is 472 g/mol. The zero-order valence-electron chi connectivity index (χ0n) is 22.2. The third kappa shape index (κ3) is 4.16. The molecule has 2 N–H and O–H groups in total. The molecule has 202 valence electrons. The van der Waals surface area contributed by atoms with Crippen LogP contribution in [0.4, 0.5) is 0 Å². The van der Waals surface area contributed by atoms with E-state index in [4.69, 9.17) is 9.47 Å². The Labute approximate surface area is 219 Å². The maximum Gasteiger partial charge on any atom is 0.312 e. The topological polar surface area (TPSA) is 105 Å². The fourth-order valence-corrected chi connectivity index (χ4v) is 7.62. The second-order valence-corrected chi connectivity index (χ2v) is 11.6. The Morgan fingerprint density at radius 2 is 1.92 bits per heavy atom. The number of fused-ring (bicyclic) bond motifs is 1. The molecule has 0 aromatic heterocycles. The molecule has 1 spiro atoms. The van der Waals surface area contributed by atoms with Gasteiger partial charge in [-0.15, -0.1) is 0 Å². The number of hydrogen-bond donors (Lipinski definition) is 2. The number of rotatable bonds is 8. The molecular formula is C29H40N2O6. The highest BCUT2D eigenvalue weighted by Crippen LogP contribution is 2.65. The molecule has 1 aliphatic carbocycles. The number of carbonyl (C=O) groups excluding carboxylic acids is 3. The van der Waals surface area contributed by atoms with Gasteiger partial charge in [0, 0.05) is 6.04 Å². The van der Waals surface area contributed by atoms with E-state index in [9.17, 15) is 19.5 Å². The monoisotopic (exact) mass is 512 g/mol. The van der Waals surface area contributed by atoms with Crippen LogP contribution in [0.15, 0.2) is 30.3 Å². The van der Waals surface area contributed by atoms with Crippen molar-refractivity contribution in [2.75, 3.05) is 13.2 Å². The standard InChI is InChI=1S/C29H40N2O6/c1-4-36-27(35)23-22-26(34)31(21(17-32)15-19-11-7-5-8-12-19)24(25(33)30-20-13-9-6-10-14-20)29(22)16-18(2)28(23,3)37-29/h5,7-8,11-12,18,20-24,32H,4,6,9-10,13-17H2,1-3H3,(H,30,33)/t18?,21-,22+,23+,24?,28-,29?/m1/s1. The van der Waals surface area contributed by atoms with E-state index in [1.807, 2.05) is 44.2 Å². The molecule has 7 atom stereocenters. The lowest BCUT2D eigenvalue weighted by Crippen LogP contribution is -2.59. The van der Waals surface area contributed by atoms with Crippen molar-refractivity contribution in [3.8, 4) is 0 Å². The van der Waals surface area contributed by atoms with Crippen LogP contribution in [0.5, 0.6) is 0 Å². The summed E-state index contributed by atoms with van der Waals surface area (Å²) in [6.45, 7) is 5.56. The minimum absolute atomic E-state index is 0.0439. The Bertz CT molecular complexity index is 1030. The van der Waals surface area contributed by atoms with Gasteiger partial charge in [-0.3, -0.25) is 14.4 Å². The predicted molar refractivity (Wildman–Crippen MR) is 136 cm³/mol. The van der Waals surface area contributed by atoms with Crippen LogP contribution in [0.25, 0.3) is 0 Å². The van der Waals surface area contributed by atoms with E-state index >= 15 is 0 Å². The molecule has 2 bridgehead atoms. The Balaban J connectivity index is 1.55. The number of nitrogens with zero attached hydrogens (tertiary/aromatic N) is 1. The third-order valence-corrected chi connectivity index (χ3v) is 9.41. The number of amides is 2. The van der Waals surface area contributed by atoms with Gasteiger partial charge < -0.3 is 24.8 Å². The molecule has 3 aliphatic heterocycles. The van der Waals surface area contributed by atoms with E-state index in [1.54, 1.807) is 11.8 Å². The smallest absolute Gasteiger partial charge is 0.312 e. The average molecular weight is 513 g/mol. The van der Waals surface area contributed by atoms with E-state index in [2.05, 4.69) is 5.32 Å². The molecule has 1 aromatic rings. The van der Waals surface area contributed by atoms with Crippen LogP contribution in [-0.2, 0) is 30.3 Å². The van der Waals surface area contributed by atoms with Crippen molar-refractivity contribution >= 4 is 17.8 Å². The zero-order chi connectivity index (χ0) is 26.4. The van der Waals surface area contributed by atoms with Crippen LogP contribution < -0.4 is 5.32 Å². The van der Waals surface area contributed by atoms with Gasteiger partial charge in [0.1, 0.15) is 17.6 Å². The summed E-state index contributed by atoms with van der Waals surface area (Å²) >= 11 is 0. The highest BCUT2D eigenvalue weighted by molar-refractivity contribution is 5.98. The summed E-state index contributed by atoms with van der Waals surface area (Å²) in [5.41, 5.74) is -1.07. The van der Waals surface area contributed by atoms with Crippen LogP contribution >= 0.6 is 0 Å². The van der Waals surface area contributed by atoms with Crippen molar-refractivity contribution in [3.05, 3.63) is 35.9 Å². The molecule has 8 heteroatoms. The molecule has 0 radical (unpaired) electrons. The number of hydrogen-bond acceptors (Lipinski definition) is 6. The summed E-state index contributed by atoms with van der Waals surface area (Å²) in [4.78, 5) is 43.2. The first-order valence-corrected chi connectivity index (χ1v) is 13.9. The third-order valence-electron chi connectivity index (χ3n) is 9.41. The predicted octanol–water partition coefficient (Wildman–Crippen LogP) is 2.61. The molecule has 37 heavy (non-hydrogen) atoms. The van der Waals surface area contributed by atoms with Crippen molar-refractivity contribution in [1.29, 1.82) is 0 Å². The number of ether oxygens (including phenoxy) is 2. The molecule has 5 rings (SSSR count). The summed E-state index contributed by atoms with van der Waals surface area (Å²) in [6.07, 6.45) is 6.02. The molecule has 2 amide bonds. The molecule has 3 heterocycles. The van der Waals surface area contributed by atoms with Gasteiger partial charge in [-0.25, -0.2) is 0 Å². The first-order valence-electron chi connectivity index (χ1n) is 13.9. The van der Waals surface area contributed by atoms with E-state index in [0.717, 1.165) is 37.7 Å². The maximum atomic E-state index is 14.3. The second kappa shape index (κ2) is 10.0. The Morgan fingerprint density at radius 1 is 1.22 bits per heavy atom. The van der Waals surface area contributed by atoms with Crippen LogP contribution in [0.3, 0.4) is 0 Å². The summed E-state index contributed by atoms with van der Waals surface area (Å²) in [5.74, 6) is -2.65. The first kappa shape index (κ1) is 26.2. The Kier molecular flexibility index (Phi) is 7.09. The number of aliphatic hydroxyl groups excluding tert-OH is 1. The van der Waals surface area contributed by atoms with Gasteiger partial charge in [0.25, 0.3) is 0 Å². The van der Waals surface area contributed by atoms with Crippen molar-refractivity contribution < 1.29 is 29.0 Å². The molecule has 1 saturated carbocycles. The number of esters is 1. The van der Waals surface area contributed by atoms with Gasteiger partial charge >= 0.3 is 5.97 Å². The maximum absolute atomic E-state index is 14.3. The Hall–Kier alpha value is -2.45. The lowest BCUT2D eigenvalue weighted by molar-refractivity contribution is -0.162. The van der Waals surface area contributed by atoms with Gasteiger partial charge in [-0.05, 0) is 51.0 Å². The number of carbonyl (C=O) groups is 3. The van der Waals surface area contributed by atoms with E-state index in [0.29, 0.717) is 12.8 Å². The average Bonchev–Trinajstić information content (AvgIpc) is 3.40. The quantitative estimate of drug-likeness (QED) is 0.519. The molecule has 3 unspecified atom stereocenters. The molecule has 1 aromatic carbocycles. The molecule has 3 saturated heterocycles. The number of benzene rings is 1.